The van der Waals surface area contributed by atoms with Gasteiger partial charge >= 0.3 is 0 Å². The topological polar surface area (TPSA) is 28.7 Å². The zero-order valence-electron chi connectivity index (χ0n) is 6.36. The van der Waals surface area contributed by atoms with E-state index in [1.54, 1.807) is 19.1 Å². The number of nitrogens with one attached hydrogen (secondary N) is 1. The molecule has 0 atom stereocenters. The summed E-state index contributed by atoms with van der Waals surface area (Å²) in [5, 5.41) is 7.10. The number of halogens is 2. The summed E-state index contributed by atoms with van der Waals surface area (Å²) in [6, 6.07) is 3.50. The number of aromatic amines is 1. The molecule has 0 bridgehead atoms. The molecule has 1 N–H and O–H groups in total. The van der Waals surface area contributed by atoms with E-state index in [-0.39, 0.29) is 5.82 Å². The Balaban J connectivity index is 2.96. The molecule has 2 rings (SSSR count). The summed E-state index contributed by atoms with van der Waals surface area (Å²) in [4.78, 5) is 0. The van der Waals surface area contributed by atoms with E-state index in [1.807, 2.05) is 0 Å². The van der Waals surface area contributed by atoms with E-state index in [0.717, 1.165) is 0 Å². The molecule has 62 valence electrons. The molecular formula is C8H6BrFN2. The van der Waals surface area contributed by atoms with Gasteiger partial charge in [-0.3, -0.25) is 5.10 Å². The van der Waals surface area contributed by atoms with Gasteiger partial charge in [-0.15, -0.1) is 0 Å². The van der Waals surface area contributed by atoms with Gasteiger partial charge in [0.25, 0.3) is 0 Å². The molecule has 0 saturated carbocycles. The lowest BCUT2D eigenvalue weighted by molar-refractivity contribution is 0.630. The van der Waals surface area contributed by atoms with Gasteiger partial charge in [0.05, 0.1) is 10.9 Å². The van der Waals surface area contributed by atoms with Gasteiger partial charge < -0.3 is 0 Å². The summed E-state index contributed by atoms with van der Waals surface area (Å²) in [7, 11) is 0. The van der Waals surface area contributed by atoms with Crippen molar-refractivity contribution in [3.05, 3.63) is 28.1 Å². The Morgan fingerprint density at radius 3 is 3.00 bits per heavy atom. The first-order valence-corrected chi connectivity index (χ1v) is 4.28. The van der Waals surface area contributed by atoms with Crippen LogP contribution in [0.5, 0.6) is 0 Å². The number of benzene rings is 1. The van der Waals surface area contributed by atoms with Gasteiger partial charge in [-0.05, 0) is 34.5 Å². The first-order chi connectivity index (χ1) is 5.70. The van der Waals surface area contributed by atoms with Crippen molar-refractivity contribution < 1.29 is 4.39 Å². The maximum atomic E-state index is 13.4. The molecule has 12 heavy (non-hydrogen) atoms. The van der Waals surface area contributed by atoms with Crippen LogP contribution in [0, 0.1) is 12.7 Å². The van der Waals surface area contributed by atoms with Crippen molar-refractivity contribution >= 4 is 26.8 Å². The highest BCUT2D eigenvalue weighted by Crippen LogP contribution is 2.25. The lowest BCUT2D eigenvalue weighted by Crippen LogP contribution is -1.82. The number of aryl methyl sites for hydroxylation is 1. The average Bonchev–Trinajstić information content (AvgIpc) is 2.41. The Kier molecular flexibility index (Phi) is 1.65. The van der Waals surface area contributed by atoms with Crippen LogP contribution in [0.1, 0.15) is 5.56 Å². The molecule has 0 fully saturated rings. The molecule has 2 aromatic rings. The average molecular weight is 229 g/mol. The second-order valence-corrected chi connectivity index (χ2v) is 3.42. The van der Waals surface area contributed by atoms with Crippen LogP contribution >= 0.6 is 15.9 Å². The largest absolute Gasteiger partial charge is 0.270 e. The van der Waals surface area contributed by atoms with E-state index in [2.05, 4.69) is 26.1 Å². The van der Waals surface area contributed by atoms with E-state index in [0.29, 0.717) is 21.1 Å². The summed E-state index contributed by atoms with van der Waals surface area (Å²) in [6.07, 6.45) is 0. The van der Waals surface area contributed by atoms with Crippen LogP contribution in [-0.2, 0) is 0 Å². The normalized spacial score (nSPS) is 10.9. The summed E-state index contributed by atoms with van der Waals surface area (Å²) in [5.41, 5.74) is 1.27. The Morgan fingerprint density at radius 2 is 2.25 bits per heavy atom. The number of fused-ring (bicyclic) bond motifs is 1. The van der Waals surface area contributed by atoms with Gasteiger partial charge in [-0.1, -0.05) is 6.07 Å². The standard InChI is InChI=1S/C8H6BrFN2/c1-4-2-3-5-6(7(4)10)8(9)12-11-5/h2-3H,1H3,(H,11,12). The summed E-state index contributed by atoms with van der Waals surface area (Å²) in [6.45, 7) is 1.73. The van der Waals surface area contributed by atoms with Crippen molar-refractivity contribution in [1.29, 1.82) is 0 Å². The minimum Gasteiger partial charge on any atom is -0.270 e. The fourth-order valence-corrected chi connectivity index (χ4v) is 1.60. The first kappa shape index (κ1) is 7.73. The SMILES string of the molecule is Cc1ccc2n[nH]c(Br)c2c1F. The van der Waals surface area contributed by atoms with E-state index >= 15 is 0 Å². The van der Waals surface area contributed by atoms with Crippen LogP contribution in [0.4, 0.5) is 4.39 Å². The molecule has 1 heterocycles. The second-order valence-electron chi connectivity index (χ2n) is 2.63. The van der Waals surface area contributed by atoms with Gasteiger partial charge in [-0.2, -0.15) is 5.10 Å². The lowest BCUT2D eigenvalue weighted by atomic mass is 10.2. The predicted molar refractivity (Wildman–Crippen MR) is 48.5 cm³/mol. The van der Waals surface area contributed by atoms with Crippen molar-refractivity contribution in [3.8, 4) is 0 Å². The monoisotopic (exact) mass is 228 g/mol. The molecule has 0 saturated heterocycles. The van der Waals surface area contributed by atoms with Gasteiger partial charge in [0, 0.05) is 0 Å². The quantitative estimate of drug-likeness (QED) is 0.739. The molecule has 1 aromatic carbocycles. The third-order valence-corrected chi connectivity index (χ3v) is 2.38. The van der Waals surface area contributed by atoms with E-state index in [9.17, 15) is 4.39 Å². The number of hydrogen-bond acceptors (Lipinski definition) is 1. The highest BCUT2D eigenvalue weighted by atomic mass is 79.9. The molecule has 0 aliphatic carbocycles. The zero-order valence-corrected chi connectivity index (χ0v) is 7.94. The maximum absolute atomic E-state index is 13.4. The van der Waals surface area contributed by atoms with Crippen molar-refractivity contribution in [1.82, 2.24) is 10.2 Å². The Hall–Kier alpha value is -0.900. The molecule has 1 aromatic heterocycles. The molecule has 0 unspecified atom stereocenters. The van der Waals surface area contributed by atoms with Crippen LogP contribution in [0.25, 0.3) is 10.9 Å². The first-order valence-electron chi connectivity index (χ1n) is 3.49. The number of nitrogens with zero attached hydrogens (tertiary/aromatic N) is 1. The van der Waals surface area contributed by atoms with Gasteiger partial charge in [0.1, 0.15) is 10.4 Å². The van der Waals surface area contributed by atoms with Crippen LogP contribution < -0.4 is 0 Å². The molecule has 2 nitrogen and oxygen atoms in total. The smallest absolute Gasteiger partial charge is 0.138 e. The van der Waals surface area contributed by atoms with E-state index in [4.69, 9.17) is 0 Å². The van der Waals surface area contributed by atoms with Crippen molar-refractivity contribution in [2.45, 2.75) is 6.92 Å². The molecular weight excluding hydrogens is 223 g/mol. The second kappa shape index (κ2) is 2.55. The summed E-state index contributed by atoms with van der Waals surface area (Å²) < 4.78 is 14.0. The van der Waals surface area contributed by atoms with E-state index < -0.39 is 0 Å². The van der Waals surface area contributed by atoms with E-state index in [1.165, 1.54) is 0 Å². The molecule has 0 radical (unpaired) electrons. The predicted octanol–water partition coefficient (Wildman–Crippen LogP) is 2.77. The summed E-state index contributed by atoms with van der Waals surface area (Å²) >= 11 is 3.19. The molecule has 0 aliphatic heterocycles. The lowest BCUT2D eigenvalue weighted by Gasteiger charge is -1.95. The highest BCUT2D eigenvalue weighted by Gasteiger charge is 2.09. The van der Waals surface area contributed by atoms with Crippen LogP contribution in [0.3, 0.4) is 0 Å². The summed E-state index contributed by atoms with van der Waals surface area (Å²) in [5.74, 6) is -0.215. The fourth-order valence-electron chi connectivity index (χ4n) is 1.14. The van der Waals surface area contributed by atoms with Crippen LogP contribution in [0.2, 0.25) is 0 Å². The third-order valence-electron chi connectivity index (χ3n) is 1.81. The van der Waals surface area contributed by atoms with Crippen molar-refractivity contribution in [2.75, 3.05) is 0 Å². The molecule has 0 spiro atoms. The van der Waals surface area contributed by atoms with Crippen molar-refractivity contribution in [3.63, 3.8) is 0 Å². The molecule has 0 amide bonds. The number of rotatable bonds is 0. The zero-order chi connectivity index (χ0) is 8.72. The minimum atomic E-state index is -0.215. The Labute approximate surface area is 76.9 Å². The fraction of sp³-hybridized carbons (Fsp3) is 0.125. The van der Waals surface area contributed by atoms with Gasteiger partial charge in [0.2, 0.25) is 0 Å². The van der Waals surface area contributed by atoms with Crippen LogP contribution in [-0.4, -0.2) is 10.2 Å². The number of H-pyrrole nitrogens is 1. The van der Waals surface area contributed by atoms with Crippen LogP contribution in [0.15, 0.2) is 16.7 Å². The third kappa shape index (κ3) is 0.948. The molecule has 4 heteroatoms. The van der Waals surface area contributed by atoms with Crippen molar-refractivity contribution in [2.24, 2.45) is 0 Å². The minimum absolute atomic E-state index is 0.215. The maximum Gasteiger partial charge on any atom is 0.138 e. The number of hydrogen-bond donors (Lipinski definition) is 1. The van der Waals surface area contributed by atoms with Gasteiger partial charge in [0.15, 0.2) is 0 Å². The van der Waals surface area contributed by atoms with Gasteiger partial charge in [-0.25, -0.2) is 4.39 Å². The highest BCUT2D eigenvalue weighted by molar-refractivity contribution is 9.10. The Bertz CT molecular complexity index is 436. The molecule has 0 aliphatic rings. The Morgan fingerprint density at radius 1 is 1.50 bits per heavy atom. The number of aromatic nitrogens is 2.